The van der Waals surface area contributed by atoms with Gasteiger partial charge in [0.2, 0.25) is 0 Å². The highest BCUT2D eigenvalue weighted by molar-refractivity contribution is 7.12. The number of hydrazine groups is 1. The number of nitrogens with two attached hydrogens (primary N) is 1. The molecule has 5 heteroatoms. The van der Waals surface area contributed by atoms with Gasteiger partial charge in [0.15, 0.2) is 0 Å². The van der Waals surface area contributed by atoms with Gasteiger partial charge in [0.1, 0.15) is 0 Å². The first-order valence-corrected chi connectivity index (χ1v) is 7.02. The number of rotatable bonds is 5. The fraction of sp³-hybridized carbons (Fsp3) is 0.667. The quantitative estimate of drug-likeness (QED) is 0.828. The van der Waals surface area contributed by atoms with Gasteiger partial charge in [0, 0.05) is 29.4 Å². The number of ether oxygens (including phenoxy) is 1. The zero-order valence-corrected chi connectivity index (χ0v) is 11.1. The Morgan fingerprint density at radius 1 is 1.47 bits per heavy atom. The third kappa shape index (κ3) is 3.50. The van der Waals surface area contributed by atoms with Gasteiger partial charge in [-0.3, -0.25) is 0 Å². The van der Waals surface area contributed by atoms with Crippen LogP contribution in [0.4, 0.5) is 0 Å². The highest BCUT2D eigenvalue weighted by Gasteiger charge is 2.17. The van der Waals surface area contributed by atoms with Crippen molar-refractivity contribution in [2.75, 3.05) is 32.8 Å². The van der Waals surface area contributed by atoms with E-state index in [2.05, 4.69) is 29.5 Å². The van der Waals surface area contributed by atoms with E-state index >= 15 is 0 Å². The van der Waals surface area contributed by atoms with E-state index < -0.39 is 0 Å². The number of thiophene rings is 1. The molecule has 1 unspecified atom stereocenters. The Morgan fingerprint density at radius 3 is 2.82 bits per heavy atom. The molecule has 0 bridgehead atoms. The van der Waals surface area contributed by atoms with Crippen molar-refractivity contribution in [3.8, 4) is 0 Å². The van der Waals surface area contributed by atoms with Crippen molar-refractivity contribution in [3.05, 3.63) is 21.9 Å². The van der Waals surface area contributed by atoms with Gasteiger partial charge in [-0.1, -0.05) is 6.92 Å². The molecular formula is C12H21N3OS. The number of nitrogens with zero attached hydrogens (tertiary/aromatic N) is 1. The van der Waals surface area contributed by atoms with Crippen LogP contribution in [0.1, 0.15) is 22.7 Å². The maximum absolute atomic E-state index is 5.86. The van der Waals surface area contributed by atoms with Crippen LogP contribution in [-0.4, -0.2) is 37.9 Å². The topological polar surface area (TPSA) is 50.5 Å². The van der Waals surface area contributed by atoms with E-state index in [4.69, 9.17) is 10.5 Å². The third-order valence-corrected chi connectivity index (χ3v) is 4.30. The number of hydrogen-bond donors (Lipinski definition) is 2. The molecule has 0 spiro atoms. The lowest BCUT2D eigenvalue weighted by atomic mass is 10.2. The minimum atomic E-state index is 0.235. The first-order valence-electron chi connectivity index (χ1n) is 6.21. The molecule has 4 nitrogen and oxygen atoms in total. The molecule has 3 N–H and O–H groups in total. The summed E-state index contributed by atoms with van der Waals surface area (Å²) in [5, 5.41) is 2.21. The molecule has 1 saturated heterocycles. The Labute approximate surface area is 107 Å². The lowest BCUT2D eigenvalue weighted by molar-refractivity contribution is 0.00433. The Bertz CT molecular complexity index is 336. The smallest absolute Gasteiger partial charge is 0.0680 e. The van der Waals surface area contributed by atoms with E-state index in [0.717, 1.165) is 32.7 Å². The van der Waals surface area contributed by atoms with Crippen molar-refractivity contribution in [3.63, 3.8) is 0 Å². The molecule has 0 aliphatic carbocycles. The molecule has 1 fully saturated rings. The average Bonchev–Trinajstić information content (AvgIpc) is 2.86. The predicted molar refractivity (Wildman–Crippen MR) is 71.0 cm³/mol. The lowest BCUT2D eigenvalue weighted by Crippen LogP contribution is -2.48. The molecule has 0 aromatic carbocycles. The molecule has 1 aliphatic rings. The summed E-state index contributed by atoms with van der Waals surface area (Å²) < 4.78 is 5.33. The first kappa shape index (κ1) is 13.0. The van der Waals surface area contributed by atoms with Crippen molar-refractivity contribution in [1.29, 1.82) is 0 Å². The molecular weight excluding hydrogens is 234 g/mol. The Balaban J connectivity index is 1.95. The van der Waals surface area contributed by atoms with Crippen LogP contribution in [0.5, 0.6) is 0 Å². The van der Waals surface area contributed by atoms with Crippen LogP contribution in [0, 0.1) is 0 Å². The van der Waals surface area contributed by atoms with Crippen molar-refractivity contribution < 1.29 is 4.74 Å². The fourth-order valence-electron chi connectivity index (χ4n) is 1.92. The van der Waals surface area contributed by atoms with E-state index in [1.165, 1.54) is 9.75 Å². The van der Waals surface area contributed by atoms with E-state index in [-0.39, 0.29) is 6.04 Å². The summed E-state index contributed by atoms with van der Waals surface area (Å²) >= 11 is 1.85. The zero-order valence-electron chi connectivity index (χ0n) is 10.3. The maximum atomic E-state index is 5.86. The summed E-state index contributed by atoms with van der Waals surface area (Å²) in [7, 11) is 0. The van der Waals surface area contributed by atoms with Gasteiger partial charge in [-0.05, 0) is 18.6 Å². The molecule has 2 rings (SSSR count). The van der Waals surface area contributed by atoms with Gasteiger partial charge in [-0.25, -0.2) is 10.4 Å². The first-order chi connectivity index (χ1) is 8.33. The van der Waals surface area contributed by atoms with Crippen molar-refractivity contribution in [2.45, 2.75) is 19.4 Å². The Hall–Kier alpha value is -0.460. The monoisotopic (exact) mass is 255 g/mol. The number of hydrogen-bond acceptors (Lipinski definition) is 5. The maximum Gasteiger partial charge on any atom is 0.0680 e. The van der Waals surface area contributed by atoms with E-state index in [1.807, 2.05) is 11.3 Å². The second-order valence-corrected chi connectivity index (χ2v) is 5.37. The number of nitrogens with one attached hydrogen (secondary N) is 1. The Kier molecular flexibility index (Phi) is 4.94. The highest BCUT2D eigenvalue weighted by atomic mass is 32.1. The summed E-state index contributed by atoms with van der Waals surface area (Å²) in [6, 6.07) is 4.62. The minimum Gasteiger partial charge on any atom is -0.379 e. The molecule has 1 aromatic rings. The van der Waals surface area contributed by atoms with Crippen molar-refractivity contribution in [2.24, 2.45) is 5.73 Å². The molecule has 96 valence electrons. The van der Waals surface area contributed by atoms with Crippen LogP contribution in [0.2, 0.25) is 0 Å². The zero-order chi connectivity index (χ0) is 12.1. The summed E-state index contributed by atoms with van der Waals surface area (Å²) in [6.07, 6.45) is 1.10. The summed E-state index contributed by atoms with van der Waals surface area (Å²) in [5.74, 6) is 0. The van der Waals surface area contributed by atoms with Crippen LogP contribution in [0.3, 0.4) is 0 Å². The Morgan fingerprint density at radius 2 is 2.24 bits per heavy atom. The van der Waals surface area contributed by atoms with E-state index in [9.17, 15) is 0 Å². The molecule has 1 aromatic heterocycles. The van der Waals surface area contributed by atoms with Crippen LogP contribution in [0.25, 0.3) is 0 Å². The lowest BCUT2D eigenvalue weighted by Gasteiger charge is -2.30. The highest BCUT2D eigenvalue weighted by Crippen LogP contribution is 2.23. The van der Waals surface area contributed by atoms with Gasteiger partial charge in [-0.2, -0.15) is 0 Å². The molecule has 1 atom stereocenters. The molecule has 17 heavy (non-hydrogen) atoms. The number of morpholine rings is 1. The third-order valence-electron chi connectivity index (χ3n) is 2.96. The van der Waals surface area contributed by atoms with Gasteiger partial charge in [0.05, 0.1) is 19.3 Å². The second kappa shape index (κ2) is 6.47. The molecule has 1 aliphatic heterocycles. The summed E-state index contributed by atoms with van der Waals surface area (Å²) in [5.41, 5.74) is 9.36. The van der Waals surface area contributed by atoms with Crippen molar-refractivity contribution in [1.82, 2.24) is 10.4 Å². The van der Waals surface area contributed by atoms with Gasteiger partial charge in [0.25, 0.3) is 0 Å². The number of aryl methyl sites for hydroxylation is 1. The molecule has 0 amide bonds. The van der Waals surface area contributed by atoms with Gasteiger partial charge < -0.3 is 10.5 Å². The van der Waals surface area contributed by atoms with Crippen molar-refractivity contribution >= 4 is 11.3 Å². The molecule has 0 radical (unpaired) electrons. The van der Waals surface area contributed by atoms with Crippen LogP contribution in [-0.2, 0) is 11.2 Å². The fourth-order valence-corrected chi connectivity index (χ4v) is 2.93. The van der Waals surface area contributed by atoms with Crippen LogP contribution in [0.15, 0.2) is 12.1 Å². The van der Waals surface area contributed by atoms with Gasteiger partial charge in [-0.15, -0.1) is 11.3 Å². The second-order valence-electron chi connectivity index (χ2n) is 4.17. The van der Waals surface area contributed by atoms with E-state index in [1.54, 1.807) is 0 Å². The summed E-state index contributed by atoms with van der Waals surface area (Å²) in [4.78, 5) is 2.75. The standard InChI is InChI=1S/C12H21N3OS/c1-2-10-3-4-12(17-10)11(9-13)14-15-5-7-16-8-6-15/h3-4,11,14H,2,5-9,13H2,1H3. The summed E-state index contributed by atoms with van der Waals surface area (Å²) in [6.45, 7) is 6.28. The largest absolute Gasteiger partial charge is 0.379 e. The average molecular weight is 255 g/mol. The van der Waals surface area contributed by atoms with E-state index in [0.29, 0.717) is 6.54 Å². The SMILES string of the molecule is CCc1ccc(C(CN)NN2CCOCC2)s1. The van der Waals surface area contributed by atoms with Crippen LogP contribution >= 0.6 is 11.3 Å². The van der Waals surface area contributed by atoms with Gasteiger partial charge >= 0.3 is 0 Å². The predicted octanol–water partition coefficient (Wildman–Crippen LogP) is 1.15. The minimum absolute atomic E-state index is 0.235. The molecule has 2 heterocycles. The van der Waals surface area contributed by atoms with Crippen LogP contribution < -0.4 is 11.2 Å². The molecule has 0 saturated carbocycles. The normalized spacial score (nSPS) is 19.4.